The number of aryl methyl sites for hydroxylation is 1. The lowest BCUT2D eigenvalue weighted by Gasteiger charge is -2.17. The largest absolute Gasteiger partial charge is 0.495 e. The predicted molar refractivity (Wildman–Crippen MR) is 93.2 cm³/mol. The van der Waals surface area contributed by atoms with Crippen LogP contribution in [0.15, 0.2) is 59.3 Å². The monoisotopic (exact) mass is 342 g/mol. The van der Waals surface area contributed by atoms with Gasteiger partial charge in [-0.3, -0.25) is 9.59 Å². The van der Waals surface area contributed by atoms with Gasteiger partial charge in [0.1, 0.15) is 16.5 Å². The maximum Gasteiger partial charge on any atom is 0.283 e. The van der Waals surface area contributed by atoms with Crippen LogP contribution in [0.2, 0.25) is 0 Å². The lowest BCUT2D eigenvalue weighted by atomic mass is 10.2. The molecule has 0 saturated carbocycles. The van der Waals surface area contributed by atoms with Crippen molar-refractivity contribution in [2.75, 3.05) is 17.3 Å². The lowest BCUT2D eigenvalue weighted by Crippen LogP contribution is -2.32. The summed E-state index contributed by atoms with van der Waals surface area (Å²) in [6, 6.07) is 14.2. The van der Waals surface area contributed by atoms with Crippen molar-refractivity contribution in [3.05, 3.63) is 64.8 Å². The molecule has 6 heteroatoms. The number of imide groups is 1. The first kappa shape index (κ1) is 16.1. The Hall–Kier alpha value is -2.79. The molecule has 2 amide bonds. The van der Waals surface area contributed by atoms with Crippen LogP contribution in [-0.4, -0.2) is 18.9 Å². The Kier molecular flexibility index (Phi) is 4.27. The zero-order valence-corrected chi connectivity index (χ0v) is 13.9. The van der Waals surface area contributed by atoms with Crippen molar-refractivity contribution in [2.24, 2.45) is 0 Å². The number of carbonyl (C=O) groups is 2. The summed E-state index contributed by atoms with van der Waals surface area (Å²) in [5, 5.41) is 2.78. The molecule has 0 fully saturated rings. The minimum absolute atomic E-state index is 0.0365. The molecular formula is C18H15ClN2O3. The topological polar surface area (TPSA) is 58.6 Å². The van der Waals surface area contributed by atoms with Gasteiger partial charge in [-0.1, -0.05) is 41.9 Å². The van der Waals surface area contributed by atoms with Gasteiger partial charge in [0.25, 0.3) is 11.8 Å². The number of halogens is 1. The average molecular weight is 343 g/mol. The number of nitrogens with zero attached hydrogens (tertiary/aromatic N) is 1. The van der Waals surface area contributed by atoms with Gasteiger partial charge in [-0.2, -0.15) is 0 Å². The summed E-state index contributed by atoms with van der Waals surface area (Å²) in [5.74, 6) is -0.498. The first-order valence-electron chi connectivity index (χ1n) is 7.29. The van der Waals surface area contributed by atoms with Crippen LogP contribution in [0.25, 0.3) is 0 Å². The van der Waals surface area contributed by atoms with E-state index in [2.05, 4.69) is 5.32 Å². The van der Waals surface area contributed by atoms with Crippen LogP contribution in [0.4, 0.5) is 11.4 Å². The molecule has 1 aliphatic heterocycles. The Morgan fingerprint density at radius 2 is 1.67 bits per heavy atom. The molecule has 1 heterocycles. The third kappa shape index (κ3) is 2.63. The van der Waals surface area contributed by atoms with Crippen molar-refractivity contribution in [1.82, 2.24) is 0 Å². The van der Waals surface area contributed by atoms with Crippen LogP contribution < -0.4 is 15.0 Å². The van der Waals surface area contributed by atoms with Gasteiger partial charge in [0.05, 0.1) is 18.5 Å². The molecule has 0 unspecified atom stereocenters. The molecule has 0 spiro atoms. The molecule has 24 heavy (non-hydrogen) atoms. The van der Waals surface area contributed by atoms with E-state index < -0.39 is 11.8 Å². The van der Waals surface area contributed by atoms with Gasteiger partial charge >= 0.3 is 0 Å². The van der Waals surface area contributed by atoms with Crippen LogP contribution in [-0.2, 0) is 9.59 Å². The zero-order valence-electron chi connectivity index (χ0n) is 13.2. The normalized spacial score (nSPS) is 14.4. The summed E-state index contributed by atoms with van der Waals surface area (Å²) >= 11 is 6.13. The van der Waals surface area contributed by atoms with Gasteiger partial charge in [-0.25, -0.2) is 4.90 Å². The number of nitrogens with one attached hydrogen (secondary N) is 1. The van der Waals surface area contributed by atoms with E-state index in [4.69, 9.17) is 16.3 Å². The van der Waals surface area contributed by atoms with Gasteiger partial charge in [0.2, 0.25) is 0 Å². The molecule has 0 aromatic heterocycles. The summed E-state index contributed by atoms with van der Waals surface area (Å²) in [5.41, 5.74) is 1.92. The van der Waals surface area contributed by atoms with Crippen LogP contribution >= 0.6 is 11.6 Å². The molecule has 0 atom stereocenters. The molecule has 0 aliphatic carbocycles. The fourth-order valence-electron chi connectivity index (χ4n) is 2.53. The van der Waals surface area contributed by atoms with Crippen LogP contribution in [0.5, 0.6) is 5.75 Å². The van der Waals surface area contributed by atoms with Gasteiger partial charge in [0.15, 0.2) is 0 Å². The molecule has 122 valence electrons. The minimum atomic E-state index is -0.548. The molecule has 1 aliphatic rings. The minimum Gasteiger partial charge on any atom is -0.495 e. The second-order valence-corrected chi connectivity index (χ2v) is 5.62. The Balaban J connectivity index is 1.97. The smallest absolute Gasteiger partial charge is 0.283 e. The zero-order chi connectivity index (χ0) is 17.3. The summed E-state index contributed by atoms with van der Waals surface area (Å²) in [6.07, 6.45) is 0. The van der Waals surface area contributed by atoms with Gasteiger partial charge < -0.3 is 10.1 Å². The third-order valence-corrected chi connectivity index (χ3v) is 4.10. The summed E-state index contributed by atoms with van der Waals surface area (Å²) in [7, 11) is 1.53. The van der Waals surface area contributed by atoms with Gasteiger partial charge in [0, 0.05) is 0 Å². The number of amides is 2. The van der Waals surface area contributed by atoms with Crippen molar-refractivity contribution in [3.63, 3.8) is 0 Å². The Morgan fingerprint density at radius 3 is 2.38 bits per heavy atom. The number of anilines is 2. The molecule has 1 N–H and O–H groups in total. The van der Waals surface area contributed by atoms with Crippen LogP contribution in [0.1, 0.15) is 5.56 Å². The first-order chi connectivity index (χ1) is 11.5. The van der Waals surface area contributed by atoms with E-state index in [1.165, 1.54) is 7.11 Å². The van der Waals surface area contributed by atoms with E-state index in [9.17, 15) is 9.59 Å². The van der Waals surface area contributed by atoms with E-state index in [1.807, 2.05) is 19.1 Å². The average Bonchev–Trinajstić information content (AvgIpc) is 2.80. The second-order valence-electron chi connectivity index (χ2n) is 5.25. The number of para-hydroxylation sites is 3. The molecule has 3 rings (SSSR count). The molecule has 0 bridgehead atoms. The van der Waals surface area contributed by atoms with Crippen LogP contribution in [0, 0.1) is 6.92 Å². The number of benzene rings is 2. The molecular weight excluding hydrogens is 328 g/mol. The quantitative estimate of drug-likeness (QED) is 0.865. The highest BCUT2D eigenvalue weighted by Gasteiger charge is 2.39. The molecule has 0 radical (unpaired) electrons. The predicted octanol–water partition coefficient (Wildman–Crippen LogP) is 3.44. The number of methoxy groups -OCH3 is 1. The lowest BCUT2D eigenvalue weighted by molar-refractivity contribution is -0.120. The molecule has 0 saturated heterocycles. The highest BCUT2D eigenvalue weighted by molar-refractivity contribution is 6.53. The van der Waals surface area contributed by atoms with Gasteiger partial charge in [-0.05, 0) is 30.7 Å². The van der Waals surface area contributed by atoms with Crippen molar-refractivity contribution in [2.45, 2.75) is 6.92 Å². The number of carbonyl (C=O) groups excluding carboxylic acids is 2. The van der Waals surface area contributed by atoms with E-state index in [0.717, 1.165) is 10.5 Å². The maximum atomic E-state index is 12.7. The number of rotatable bonds is 4. The van der Waals surface area contributed by atoms with Crippen molar-refractivity contribution < 1.29 is 14.3 Å². The summed E-state index contributed by atoms with van der Waals surface area (Å²) in [4.78, 5) is 26.3. The van der Waals surface area contributed by atoms with Crippen LogP contribution in [0.3, 0.4) is 0 Å². The SMILES string of the molecule is COc1ccccc1NC1=C(Cl)C(=O)N(c2ccccc2C)C1=O. The summed E-state index contributed by atoms with van der Waals surface area (Å²) in [6.45, 7) is 1.83. The maximum absolute atomic E-state index is 12.7. The number of ether oxygens (including phenoxy) is 1. The fourth-order valence-corrected chi connectivity index (χ4v) is 2.74. The van der Waals surface area contributed by atoms with Crippen molar-refractivity contribution in [1.29, 1.82) is 0 Å². The Bertz CT molecular complexity index is 861. The first-order valence-corrected chi connectivity index (χ1v) is 7.66. The van der Waals surface area contributed by atoms with E-state index >= 15 is 0 Å². The van der Waals surface area contributed by atoms with E-state index in [1.54, 1.807) is 36.4 Å². The Labute approximate surface area is 144 Å². The molecule has 5 nitrogen and oxygen atoms in total. The fraction of sp³-hybridized carbons (Fsp3) is 0.111. The van der Waals surface area contributed by atoms with E-state index in [0.29, 0.717) is 17.1 Å². The molecule has 2 aromatic rings. The highest BCUT2D eigenvalue weighted by atomic mass is 35.5. The van der Waals surface area contributed by atoms with Gasteiger partial charge in [-0.15, -0.1) is 0 Å². The summed E-state index contributed by atoms with van der Waals surface area (Å²) < 4.78 is 5.25. The highest BCUT2D eigenvalue weighted by Crippen LogP contribution is 2.33. The third-order valence-electron chi connectivity index (χ3n) is 3.75. The van der Waals surface area contributed by atoms with E-state index in [-0.39, 0.29) is 10.7 Å². The molecule has 2 aromatic carbocycles. The Morgan fingerprint density at radius 1 is 1.00 bits per heavy atom. The number of hydrogen-bond acceptors (Lipinski definition) is 4. The van der Waals surface area contributed by atoms with Crippen molar-refractivity contribution in [3.8, 4) is 5.75 Å². The van der Waals surface area contributed by atoms with Crippen molar-refractivity contribution >= 4 is 34.8 Å². The number of hydrogen-bond donors (Lipinski definition) is 1. The second kappa shape index (κ2) is 6.37. The standard InChI is InChI=1S/C18H15ClN2O3/c1-11-7-3-5-9-13(11)21-17(22)15(19)16(18(21)23)20-12-8-4-6-10-14(12)24-2/h3-10,20H,1-2H3.